The Balaban J connectivity index is 3.10. The highest BCUT2D eigenvalue weighted by Gasteiger charge is 2.03. The average Bonchev–Trinajstić information content (AvgIpc) is 2.16. The normalized spacial score (nSPS) is 10.2. The molecule has 0 unspecified atom stereocenters. The Hall–Kier alpha value is -1.27. The van der Waals surface area contributed by atoms with Crippen molar-refractivity contribution >= 4 is 18.7 Å². The summed E-state index contributed by atoms with van der Waals surface area (Å²) >= 11 is 3.96. The van der Waals surface area contributed by atoms with Crippen molar-refractivity contribution in [2.24, 2.45) is 0 Å². The van der Waals surface area contributed by atoms with Gasteiger partial charge in [0.15, 0.2) is 0 Å². The van der Waals surface area contributed by atoms with Gasteiger partial charge in [-0.3, -0.25) is 0 Å². The van der Waals surface area contributed by atoms with Crippen LogP contribution in [0.3, 0.4) is 0 Å². The number of hydrogen-bond donors (Lipinski definition) is 1. The molecule has 0 saturated carbocycles. The van der Waals surface area contributed by atoms with Crippen molar-refractivity contribution in [3.05, 3.63) is 41.2 Å². The summed E-state index contributed by atoms with van der Waals surface area (Å²) in [6.07, 6.45) is 3.34. The molecule has 0 heterocycles. The van der Waals surface area contributed by atoms with Crippen LogP contribution in [-0.4, -0.2) is 5.75 Å². The molecule has 1 rings (SSSR count). The fourth-order valence-corrected chi connectivity index (χ4v) is 1.05. The summed E-state index contributed by atoms with van der Waals surface area (Å²) in [4.78, 5) is 0. The lowest BCUT2D eigenvalue weighted by Gasteiger charge is -1.97. The Morgan fingerprint density at radius 2 is 2.31 bits per heavy atom. The first kappa shape index (κ1) is 9.82. The summed E-state index contributed by atoms with van der Waals surface area (Å²) in [5, 5.41) is 8.54. The summed E-state index contributed by atoms with van der Waals surface area (Å²) in [6, 6.07) is 6.51. The minimum atomic E-state index is -0.469. The number of thiol groups is 1. The Morgan fingerprint density at radius 1 is 1.54 bits per heavy atom. The number of nitriles is 1. The Kier molecular flexibility index (Phi) is 3.53. The zero-order valence-corrected chi connectivity index (χ0v) is 7.76. The Bertz CT molecular complexity index is 366. The van der Waals surface area contributed by atoms with E-state index in [-0.39, 0.29) is 5.56 Å². The maximum atomic E-state index is 13.3. The molecule has 13 heavy (non-hydrogen) atoms. The van der Waals surface area contributed by atoms with Gasteiger partial charge in [-0.2, -0.15) is 17.9 Å². The number of halogens is 1. The van der Waals surface area contributed by atoms with Crippen LogP contribution < -0.4 is 0 Å². The van der Waals surface area contributed by atoms with Crippen molar-refractivity contribution in [2.75, 3.05) is 5.75 Å². The van der Waals surface area contributed by atoms with Crippen LogP contribution in [0.2, 0.25) is 0 Å². The van der Waals surface area contributed by atoms with Crippen molar-refractivity contribution in [1.29, 1.82) is 5.26 Å². The Morgan fingerprint density at radius 3 is 2.92 bits per heavy atom. The molecule has 0 radical (unpaired) electrons. The third-order valence-electron chi connectivity index (χ3n) is 1.55. The largest absolute Gasteiger partial charge is 0.205 e. The van der Waals surface area contributed by atoms with Crippen molar-refractivity contribution in [3.8, 4) is 6.07 Å². The molecule has 0 aliphatic carbocycles. The highest BCUT2D eigenvalue weighted by atomic mass is 32.1. The zero-order valence-electron chi connectivity index (χ0n) is 6.87. The molecule has 1 aromatic carbocycles. The molecule has 0 aromatic heterocycles. The van der Waals surface area contributed by atoms with Crippen molar-refractivity contribution in [2.45, 2.75) is 0 Å². The third-order valence-corrected chi connectivity index (χ3v) is 1.76. The molecule has 0 amide bonds. The van der Waals surface area contributed by atoms with Crippen LogP contribution in [0.1, 0.15) is 11.1 Å². The lowest BCUT2D eigenvalue weighted by atomic mass is 10.1. The lowest BCUT2D eigenvalue weighted by molar-refractivity contribution is 0.621. The standard InChI is InChI=1S/C10H8FNS/c11-10-8(5-2-6-13)3-1-4-9(10)7-12/h1-5,13H,6H2. The average molecular weight is 193 g/mol. The minimum Gasteiger partial charge on any atom is -0.205 e. The molecular weight excluding hydrogens is 185 g/mol. The van der Waals surface area contributed by atoms with E-state index in [9.17, 15) is 4.39 Å². The molecule has 0 aliphatic rings. The predicted molar refractivity (Wildman–Crippen MR) is 54.0 cm³/mol. The van der Waals surface area contributed by atoms with E-state index in [4.69, 9.17) is 5.26 Å². The molecule has 66 valence electrons. The molecule has 0 N–H and O–H groups in total. The zero-order chi connectivity index (χ0) is 9.68. The second-order valence-corrected chi connectivity index (χ2v) is 2.77. The van der Waals surface area contributed by atoms with Crippen LogP contribution in [0.4, 0.5) is 4.39 Å². The molecule has 3 heteroatoms. The minimum absolute atomic E-state index is 0.0707. The number of benzene rings is 1. The van der Waals surface area contributed by atoms with Gasteiger partial charge in [-0.25, -0.2) is 4.39 Å². The van der Waals surface area contributed by atoms with Gasteiger partial charge in [0.2, 0.25) is 0 Å². The summed E-state index contributed by atoms with van der Waals surface area (Å²) in [5.74, 6) is 0.0824. The topological polar surface area (TPSA) is 23.8 Å². The van der Waals surface area contributed by atoms with Crippen LogP contribution in [0.25, 0.3) is 6.08 Å². The number of nitrogens with zero attached hydrogens (tertiary/aromatic N) is 1. The van der Waals surface area contributed by atoms with E-state index >= 15 is 0 Å². The van der Waals surface area contributed by atoms with Gasteiger partial charge in [-0.1, -0.05) is 24.3 Å². The highest BCUT2D eigenvalue weighted by molar-refractivity contribution is 7.80. The maximum Gasteiger partial charge on any atom is 0.148 e. The lowest BCUT2D eigenvalue weighted by Crippen LogP contribution is -1.87. The van der Waals surface area contributed by atoms with Crippen LogP contribution in [0.15, 0.2) is 24.3 Å². The molecule has 0 aliphatic heterocycles. The van der Waals surface area contributed by atoms with Crippen molar-refractivity contribution in [1.82, 2.24) is 0 Å². The van der Waals surface area contributed by atoms with Crippen LogP contribution >= 0.6 is 12.6 Å². The van der Waals surface area contributed by atoms with Gasteiger partial charge in [-0.05, 0) is 6.07 Å². The van der Waals surface area contributed by atoms with E-state index in [0.29, 0.717) is 11.3 Å². The second-order valence-electron chi connectivity index (χ2n) is 2.41. The van der Waals surface area contributed by atoms with Gasteiger partial charge in [0, 0.05) is 11.3 Å². The Labute approximate surface area is 81.9 Å². The van der Waals surface area contributed by atoms with E-state index in [1.807, 2.05) is 0 Å². The first-order valence-electron chi connectivity index (χ1n) is 3.75. The SMILES string of the molecule is N#Cc1cccc(C=CCS)c1F. The van der Waals surface area contributed by atoms with E-state index in [1.165, 1.54) is 6.07 Å². The monoisotopic (exact) mass is 193 g/mol. The smallest absolute Gasteiger partial charge is 0.148 e. The van der Waals surface area contributed by atoms with Crippen molar-refractivity contribution in [3.63, 3.8) is 0 Å². The predicted octanol–water partition coefficient (Wildman–Crippen LogP) is 2.64. The van der Waals surface area contributed by atoms with Crippen molar-refractivity contribution < 1.29 is 4.39 Å². The molecule has 0 spiro atoms. The molecule has 1 aromatic rings. The number of hydrogen-bond acceptors (Lipinski definition) is 2. The second kappa shape index (κ2) is 4.68. The molecule has 1 nitrogen and oxygen atoms in total. The summed E-state index contributed by atoms with van der Waals surface area (Å²) < 4.78 is 13.3. The van der Waals surface area contributed by atoms with Crippen LogP contribution in [0, 0.1) is 17.1 Å². The quantitative estimate of drug-likeness (QED) is 0.717. The van der Waals surface area contributed by atoms with E-state index in [0.717, 1.165) is 0 Å². The van der Waals surface area contributed by atoms with Gasteiger partial charge in [-0.15, -0.1) is 0 Å². The third kappa shape index (κ3) is 2.33. The van der Waals surface area contributed by atoms with E-state index in [1.54, 1.807) is 30.4 Å². The fraction of sp³-hybridized carbons (Fsp3) is 0.100. The molecular formula is C10H8FNS. The van der Waals surface area contributed by atoms with Gasteiger partial charge < -0.3 is 0 Å². The maximum absolute atomic E-state index is 13.3. The summed E-state index contributed by atoms with van der Waals surface area (Å²) in [6.45, 7) is 0. The van der Waals surface area contributed by atoms with Crippen LogP contribution in [0.5, 0.6) is 0 Å². The molecule has 0 fully saturated rings. The first-order valence-corrected chi connectivity index (χ1v) is 4.39. The molecule has 0 bridgehead atoms. The first-order chi connectivity index (χ1) is 6.29. The summed E-state index contributed by atoms with van der Waals surface area (Å²) in [5.41, 5.74) is 0.495. The summed E-state index contributed by atoms with van der Waals surface area (Å²) in [7, 11) is 0. The van der Waals surface area contributed by atoms with E-state index in [2.05, 4.69) is 12.6 Å². The van der Waals surface area contributed by atoms with Gasteiger partial charge in [0.25, 0.3) is 0 Å². The van der Waals surface area contributed by atoms with Gasteiger partial charge in [0.1, 0.15) is 11.9 Å². The molecule has 0 saturated heterocycles. The van der Waals surface area contributed by atoms with Gasteiger partial charge in [0.05, 0.1) is 5.56 Å². The van der Waals surface area contributed by atoms with E-state index < -0.39 is 5.82 Å². The highest BCUT2D eigenvalue weighted by Crippen LogP contribution is 2.13. The molecule has 0 atom stereocenters. The fourth-order valence-electron chi connectivity index (χ4n) is 0.945. The number of rotatable bonds is 2. The van der Waals surface area contributed by atoms with Crippen LogP contribution in [-0.2, 0) is 0 Å². The van der Waals surface area contributed by atoms with Gasteiger partial charge >= 0.3 is 0 Å².